The molecule has 4 saturated carbocycles. The third-order valence-electron chi connectivity index (χ3n) is 13.2. The second kappa shape index (κ2) is 9.45. The number of para-hydroxylation sites is 1. The first-order chi connectivity index (χ1) is 24.3. The Hall–Kier alpha value is -5.28. The summed E-state index contributed by atoms with van der Waals surface area (Å²) in [6, 6.07) is 43.5. The number of benzene rings is 5. The summed E-state index contributed by atoms with van der Waals surface area (Å²) in [4.78, 5) is 9.58. The predicted molar refractivity (Wildman–Crippen MR) is 200 cm³/mol. The molecule has 8 aromatic rings. The standard InChI is InChI=1S/C46H35N3/c1-3-13-38-34(9-1)37-25-29(16-17-39(37)46(38)31-21-27-20-28(23-31)24-32(46)22-27)33-11-5-15-41-43(33)35-10-2-4-14-40(35)49(41)42-26-30-8-6-18-47-44(30)45-36(42)12-7-19-48-45/h1-19,25-28,31-32H,20-24H2. The maximum Gasteiger partial charge on any atom is 0.0985 e. The fraction of sp³-hybridized carbons (Fsp3) is 0.217. The molecule has 1 spiro atoms. The lowest BCUT2D eigenvalue weighted by Crippen LogP contribution is -2.55. The average molecular weight is 630 g/mol. The van der Waals surface area contributed by atoms with Crippen LogP contribution in [0.5, 0.6) is 0 Å². The van der Waals surface area contributed by atoms with Crippen LogP contribution in [0.1, 0.15) is 43.2 Å². The Morgan fingerprint density at radius 3 is 2.10 bits per heavy atom. The second-order valence-electron chi connectivity index (χ2n) is 15.4. The summed E-state index contributed by atoms with van der Waals surface area (Å²) in [5.74, 6) is 3.45. The third kappa shape index (κ3) is 3.34. The van der Waals surface area contributed by atoms with E-state index in [0.29, 0.717) is 0 Å². The Labute approximate surface area is 285 Å². The summed E-state index contributed by atoms with van der Waals surface area (Å²) in [5, 5.41) is 4.78. The average Bonchev–Trinajstić information content (AvgIpc) is 3.64. The van der Waals surface area contributed by atoms with Crippen LogP contribution in [0.4, 0.5) is 0 Å². The van der Waals surface area contributed by atoms with Crippen molar-refractivity contribution < 1.29 is 0 Å². The normalized spacial score (nSPS) is 24.8. The molecule has 0 N–H and O–H groups in total. The fourth-order valence-corrected chi connectivity index (χ4v) is 11.8. The zero-order chi connectivity index (χ0) is 31.8. The number of nitrogens with zero attached hydrogens (tertiary/aromatic N) is 3. The molecule has 0 amide bonds. The minimum atomic E-state index is 0.194. The van der Waals surface area contributed by atoms with Gasteiger partial charge in [0.1, 0.15) is 0 Å². The molecule has 3 heterocycles. The predicted octanol–water partition coefficient (Wildman–Crippen LogP) is 11.3. The summed E-state index contributed by atoms with van der Waals surface area (Å²) in [6.07, 6.45) is 10.9. The molecule has 4 fully saturated rings. The van der Waals surface area contributed by atoms with Crippen molar-refractivity contribution in [3.8, 4) is 27.9 Å². The first-order valence-corrected chi connectivity index (χ1v) is 18.2. The van der Waals surface area contributed by atoms with Crippen molar-refractivity contribution in [3.63, 3.8) is 0 Å². The summed E-state index contributed by atoms with van der Waals surface area (Å²) >= 11 is 0. The highest BCUT2D eigenvalue weighted by Crippen LogP contribution is 2.69. The smallest absolute Gasteiger partial charge is 0.0985 e. The van der Waals surface area contributed by atoms with E-state index in [0.717, 1.165) is 51.2 Å². The molecular weight excluding hydrogens is 595 g/mol. The van der Waals surface area contributed by atoms with Crippen molar-refractivity contribution in [1.82, 2.24) is 14.5 Å². The molecular formula is C46H35N3. The maximum absolute atomic E-state index is 4.84. The number of aromatic nitrogens is 3. The van der Waals surface area contributed by atoms with Crippen LogP contribution in [0, 0.1) is 23.7 Å². The first-order valence-electron chi connectivity index (χ1n) is 18.2. The molecule has 3 nitrogen and oxygen atoms in total. The zero-order valence-corrected chi connectivity index (χ0v) is 27.3. The van der Waals surface area contributed by atoms with Crippen molar-refractivity contribution in [2.24, 2.45) is 23.7 Å². The molecule has 5 aliphatic rings. The molecule has 4 bridgehead atoms. The highest BCUT2D eigenvalue weighted by molar-refractivity contribution is 6.17. The second-order valence-corrected chi connectivity index (χ2v) is 15.4. The van der Waals surface area contributed by atoms with Gasteiger partial charge in [0.2, 0.25) is 0 Å². The molecule has 234 valence electrons. The summed E-state index contributed by atoms with van der Waals surface area (Å²) < 4.78 is 2.46. The zero-order valence-electron chi connectivity index (χ0n) is 27.3. The van der Waals surface area contributed by atoms with Crippen LogP contribution < -0.4 is 0 Å². The Morgan fingerprint density at radius 1 is 0.531 bits per heavy atom. The number of hydrogen-bond acceptors (Lipinski definition) is 2. The van der Waals surface area contributed by atoms with E-state index in [1.807, 2.05) is 24.5 Å². The molecule has 5 aromatic carbocycles. The summed E-state index contributed by atoms with van der Waals surface area (Å²) in [6.45, 7) is 0. The van der Waals surface area contributed by atoms with Gasteiger partial charge in [0, 0.05) is 39.4 Å². The lowest BCUT2D eigenvalue weighted by Gasteiger charge is -2.61. The van der Waals surface area contributed by atoms with Gasteiger partial charge < -0.3 is 4.57 Å². The number of hydrogen-bond donors (Lipinski definition) is 0. The van der Waals surface area contributed by atoms with Gasteiger partial charge in [0.15, 0.2) is 0 Å². The Balaban J connectivity index is 1.11. The number of pyridine rings is 2. The lowest BCUT2D eigenvalue weighted by molar-refractivity contribution is -0.0399. The van der Waals surface area contributed by atoms with Crippen LogP contribution in [-0.4, -0.2) is 14.5 Å². The highest BCUT2D eigenvalue weighted by Gasteiger charge is 2.61. The van der Waals surface area contributed by atoms with E-state index in [-0.39, 0.29) is 5.41 Å². The van der Waals surface area contributed by atoms with Crippen molar-refractivity contribution in [3.05, 3.63) is 139 Å². The number of fused-ring (bicyclic) bond motifs is 9. The minimum Gasteiger partial charge on any atom is -0.309 e. The fourth-order valence-electron chi connectivity index (χ4n) is 11.8. The monoisotopic (exact) mass is 629 g/mol. The van der Waals surface area contributed by atoms with E-state index in [1.165, 1.54) is 76.2 Å². The van der Waals surface area contributed by atoms with Gasteiger partial charge in [0.25, 0.3) is 0 Å². The van der Waals surface area contributed by atoms with E-state index < -0.39 is 0 Å². The van der Waals surface area contributed by atoms with E-state index in [2.05, 4.69) is 108 Å². The maximum atomic E-state index is 4.84. The van der Waals surface area contributed by atoms with Crippen molar-refractivity contribution in [2.45, 2.75) is 37.5 Å². The third-order valence-corrected chi connectivity index (χ3v) is 13.2. The van der Waals surface area contributed by atoms with Crippen molar-refractivity contribution >= 4 is 43.6 Å². The van der Waals surface area contributed by atoms with Gasteiger partial charge in [-0.2, -0.15) is 0 Å². The largest absolute Gasteiger partial charge is 0.309 e. The van der Waals surface area contributed by atoms with Crippen LogP contribution in [0.3, 0.4) is 0 Å². The first kappa shape index (κ1) is 26.6. The van der Waals surface area contributed by atoms with Gasteiger partial charge >= 0.3 is 0 Å². The van der Waals surface area contributed by atoms with Gasteiger partial charge in [-0.3, -0.25) is 9.97 Å². The highest BCUT2D eigenvalue weighted by atomic mass is 15.0. The molecule has 5 aliphatic carbocycles. The Bertz CT molecular complexity index is 2670. The molecule has 0 radical (unpaired) electrons. The molecule has 0 aliphatic heterocycles. The molecule has 0 saturated heterocycles. The molecule has 3 heteroatoms. The molecule has 0 atom stereocenters. The van der Waals surface area contributed by atoms with E-state index >= 15 is 0 Å². The molecule has 49 heavy (non-hydrogen) atoms. The molecule has 13 rings (SSSR count). The Kier molecular flexibility index (Phi) is 5.14. The molecule has 3 aromatic heterocycles. The van der Waals surface area contributed by atoms with Crippen molar-refractivity contribution in [1.29, 1.82) is 0 Å². The topological polar surface area (TPSA) is 30.7 Å². The minimum absolute atomic E-state index is 0.194. The van der Waals surface area contributed by atoms with Crippen molar-refractivity contribution in [2.75, 3.05) is 0 Å². The summed E-state index contributed by atoms with van der Waals surface area (Å²) in [7, 11) is 0. The van der Waals surface area contributed by atoms with E-state index in [1.54, 1.807) is 11.1 Å². The Morgan fingerprint density at radius 2 is 1.22 bits per heavy atom. The SMILES string of the molecule is c1ccc2c(c1)-c1cc(-c3cccc4c3c3ccccc3n4-c3cc4cccnc4c4ncccc34)ccc1C21C2CC3CC(C2)CC1C3. The van der Waals surface area contributed by atoms with E-state index in [4.69, 9.17) is 9.97 Å². The van der Waals surface area contributed by atoms with Crippen LogP contribution in [0.15, 0.2) is 128 Å². The van der Waals surface area contributed by atoms with E-state index in [9.17, 15) is 0 Å². The van der Waals surface area contributed by atoms with Crippen LogP contribution in [0.2, 0.25) is 0 Å². The van der Waals surface area contributed by atoms with Gasteiger partial charge in [-0.05, 0) is 132 Å². The van der Waals surface area contributed by atoms with Gasteiger partial charge in [-0.25, -0.2) is 0 Å². The number of rotatable bonds is 2. The van der Waals surface area contributed by atoms with Crippen LogP contribution >= 0.6 is 0 Å². The molecule has 0 unspecified atom stereocenters. The quantitative estimate of drug-likeness (QED) is 0.178. The van der Waals surface area contributed by atoms with Crippen LogP contribution in [0.25, 0.3) is 71.6 Å². The van der Waals surface area contributed by atoms with Gasteiger partial charge in [-0.1, -0.05) is 72.8 Å². The van der Waals surface area contributed by atoms with Gasteiger partial charge in [0.05, 0.1) is 27.8 Å². The summed E-state index contributed by atoms with van der Waals surface area (Å²) in [5.41, 5.74) is 14.4. The van der Waals surface area contributed by atoms with Crippen LogP contribution in [-0.2, 0) is 5.41 Å². The van der Waals surface area contributed by atoms with Gasteiger partial charge in [-0.15, -0.1) is 0 Å². The lowest BCUT2D eigenvalue weighted by atomic mass is 9.43.